The van der Waals surface area contributed by atoms with Crippen LogP contribution in [0.3, 0.4) is 0 Å². The first-order valence-corrected chi connectivity index (χ1v) is 9.03. The van der Waals surface area contributed by atoms with Crippen LogP contribution >= 0.6 is 24.0 Å². The van der Waals surface area contributed by atoms with Gasteiger partial charge in [0.25, 0.3) is 4.84 Å². The maximum Gasteiger partial charge on any atom is 0.284 e. The Morgan fingerprint density at radius 2 is 1.92 bits per heavy atom. The second-order valence-electron chi connectivity index (χ2n) is 4.90. The largest absolute Gasteiger partial charge is 0.491 e. The maximum absolute atomic E-state index is 5.89. The minimum absolute atomic E-state index is 0.308. The van der Waals surface area contributed by atoms with Gasteiger partial charge in [0, 0.05) is 11.4 Å². The van der Waals surface area contributed by atoms with Crippen molar-refractivity contribution in [2.45, 2.75) is 5.75 Å². The second kappa shape index (κ2) is 8.56. The SMILES string of the molecule is S=c1[nH]nc(CSCCOc2ccccc2Nc2ccccc2)o1. The number of ether oxygens (including phenoxy) is 1. The van der Waals surface area contributed by atoms with Crippen LogP contribution in [0.25, 0.3) is 0 Å². The number of aromatic nitrogens is 2. The highest BCUT2D eigenvalue weighted by atomic mass is 32.2. The standard InChI is InChI=1S/C17H17N3O2S2/c23-17-20-19-16(22-17)12-24-11-10-21-15-9-5-4-8-14(15)18-13-6-2-1-3-7-13/h1-9,18H,10-12H2,(H,20,23). The molecule has 3 rings (SSSR count). The molecule has 1 aromatic heterocycles. The summed E-state index contributed by atoms with van der Waals surface area (Å²) in [6.07, 6.45) is 0. The molecule has 1 heterocycles. The third-order valence-corrected chi connectivity index (χ3v) is 4.21. The summed E-state index contributed by atoms with van der Waals surface area (Å²) in [5, 5.41) is 9.95. The monoisotopic (exact) mass is 359 g/mol. The summed E-state index contributed by atoms with van der Waals surface area (Å²) in [7, 11) is 0. The number of hydrogen-bond donors (Lipinski definition) is 2. The molecule has 0 atom stereocenters. The Morgan fingerprint density at radius 3 is 2.71 bits per heavy atom. The number of thioether (sulfide) groups is 1. The van der Waals surface area contributed by atoms with E-state index in [4.69, 9.17) is 21.4 Å². The molecule has 0 fully saturated rings. The predicted molar refractivity (Wildman–Crippen MR) is 99.5 cm³/mol. The third kappa shape index (κ3) is 4.87. The van der Waals surface area contributed by atoms with Crippen molar-refractivity contribution in [2.75, 3.05) is 17.7 Å². The molecule has 5 nitrogen and oxygen atoms in total. The van der Waals surface area contributed by atoms with Gasteiger partial charge in [0.1, 0.15) is 5.75 Å². The van der Waals surface area contributed by atoms with Gasteiger partial charge in [-0.2, -0.15) is 0 Å². The number of H-pyrrole nitrogens is 1. The quantitative estimate of drug-likeness (QED) is 0.445. The molecule has 2 aromatic carbocycles. The van der Waals surface area contributed by atoms with Crippen LogP contribution in [0.15, 0.2) is 59.0 Å². The minimum atomic E-state index is 0.308. The molecule has 0 aliphatic heterocycles. The van der Waals surface area contributed by atoms with Crippen LogP contribution in [0.1, 0.15) is 5.89 Å². The van der Waals surface area contributed by atoms with Crippen LogP contribution < -0.4 is 10.1 Å². The molecule has 0 unspecified atom stereocenters. The molecular formula is C17H17N3O2S2. The van der Waals surface area contributed by atoms with E-state index < -0.39 is 0 Å². The molecule has 0 spiro atoms. The van der Waals surface area contributed by atoms with Gasteiger partial charge in [-0.15, -0.1) is 16.9 Å². The Kier molecular flexibility index (Phi) is 5.92. The van der Waals surface area contributed by atoms with Crippen molar-refractivity contribution in [2.24, 2.45) is 0 Å². The number of aromatic amines is 1. The summed E-state index contributed by atoms with van der Waals surface area (Å²) in [6.45, 7) is 0.601. The highest BCUT2D eigenvalue weighted by Gasteiger charge is 2.04. The maximum atomic E-state index is 5.89. The summed E-state index contributed by atoms with van der Waals surface area (Å²) in [5.74, 6) is 2.94. The van der Waals surface area contributed by atoms with Gasteiger partial charge in [-0.05, 0) is 36.5 Å². The Labute approximate surface area is 149 Å². The van der Waals surface area contributed by atoms with E-state index in [0.29, 0.717) is 23.1 Å². The predicted octanol–water partition coefficient (Wildman–Crippen LogP) is 4.79. The van der Waals surface area contributed by atoms with Gasteiger partial charge in [-0.25, -0.2) is 5.10 Å². The first-order chi connectivity index (χ1) is 11.8. The third-order valence-electron chi connectivity index (χ3n) is 3.13. The van der Waals surface area contributed by atoms with Crippen LogP contribution in [-0.4, -0.2) is 22.6 Å². The number of nitrogens with zero attached hydrogens (tertiary/aromatic N) is 1. The molecular weight excluding hydrogens is 342 g/mol. The number of hydrogen-bond acceptors (Lipinski definition) is 6. The molecule has 0 saturated carbocycles. The van der Waals surface area contributed by atoms with Crippen molar-refractivity contribution in [1.82, 2.24) is 10.2 Å². The van der Waals surface area contributed by atoms with Gasteiger partial charge in [0.2, 0.25) is 5.89 Å². The summed E-state index contributed by atoms with van der Waals surface area (Å²) >= 11 is 6.52. The highest BCUT2D eigenvalue weighted by molar-refractivity contribution is 7.98. The highest BCUT2D eigenvalue weighted by Crippen LogP contribution is 2.27. The van der Waals surface area contributed by atoms with Crippen LogP contribution in [0.5, 0.6) is 5.75 Å². The summed E-state index contributed by atoms with van der Waals surface area (Å²) in [4.78, 5) is 0.308. The Bertz CT molecular complexity index is 818. The van der Waals surface area contributed by atoms with E-state index in [0.717, 1.165) is 22.9 Å². The number of anilines is 2. The fraction of sp³-hybridized carbons (Fsp3) is 0.176. The molecule has 0 amide bonds. The summed E-state index contributed by atoms with van der Waals surface area (Å²) < 4.78 is 11.1. The molecule has 2 N–H and O–H groups in total. The van der Waals surface area contributed by atoms with Gasteiger partial charge < -0.3 is 14.5 Å². The van der Waals surface area contributed by atoms with E-state index in [-0.39, 0.29) is 0 Å². The lowest BCUT2D eigenvalue weighted by atomic mass is 10.2. The number of nitrogens with one attached hydrogen (secondary N) is 2. The summed E-state index contributed by atoms with van der Waals surface area (Å²) in [5.41, 5.74) is 1.98. The average molecular weight is 359 g/mol. The molecule has 0 saturated heterocycles. The lowest BCUT2D eigenvalue weighted by Gasteiger charge is -2.13. The molecule has 3 aromatic rings. The van der Waals surface area contributed by atoms with Gasteiger partial charge >= 0.3 is 0 Å². The van der Waals surface area contributed by atoms with E-state index >= 15 is 0 Å². The first kappa shape index (κ1) is 16.6. The Hall–Kier alpha value is -2.25. The Balaban J connectivity index is 1.49. The van der Waals surface area contributed by atoms with Gasteiger partial charge in [0.15, 0.2) is 0 Å². The van der Waals surface area contributed by atoms with Gasteiger partial charge in [0.05, 0.1) is 18.0 Å². The van der Waals surface area contributed by atoms with E-state index in [2.05, 4.69) is 15.5 Å². The van der Waals surface area contributed by atoms with Crippen molar-refractivity contribution in [1.29, 1.82) is 0 Å². The molecule has 7 heteroatoms. The van der Waals surface area contributed by atoms with E-state index in [1.807, 2.05) is 54.6 Å². The molecule has 0 aliphatic carbocycles. The van der Waals surface area contributed by atoms with Crippen LogP contribution in [0.4, 0.5) is 11.4 Å². The van der Waals surface area contributed by atoms with Crippen molar-refractivity contribution in [3.05, 3.63) is 65.3 Å². The fourth-order valence-corrected chi connectivity index (χ4v) is 2.85. The van der Waals surface area contributed by atoms with E-state index in [9.17, 15) is 0 Å². The van der Waals surface area contributed by atoms with Crippen LogP contribution in [0, 0.1) is 4.84 Å². The van der Waals surface area contributed by atoms with Crippen molar-refractivity contribution in [3.8, 4) is 5.75 Å². The number of rotatable bonds is 8. The zero-order valence-electron chi connectivity index (χ0n) is 12.9. The normalized spacial score (nSPS) is 10.5. The lowest BCUT2D eigenvalue weighted by molar-refractivity contribution is 0.345. The van der Waals surface area contributed by atoms with Gasteiger partial charge in [-0.3, -0.25) is 0 Å². The fourth-order valence-electron chi connectivity index (χ4n) is 2.07. The average Bonchev–Trinajstić information content (AvgIpc) is 3.02. The topological polar surface area (TPSA) is 63.1 Å². The van der Waals surface area contributed by atoms with Crippen molar-refractivity contribution in [3.63, 3.8) is 0 Å². The van der Waals surface area contributed by atoms with Gasteiger partial charge in [-0.1, -0.05) is 30.3 Å². The van der Waals surface area contributed by atoms with Crippen molar-refractivity contribution < 1.29 is 9.15 Å². The zero-order chi connectivity index (χ0) is 16.6. The zero-order valence-corrected chi connectivity index (χ0v) is 14.5. The summed E-state index contributed by atoms with van der Waals surface area (Å²) in [6, 6.07) is 17.9. The second-order valence-corrected chi connectivity index (χ2v) is 6.37. The number of para-hydroxylation sites is 3. The van der Waals surface area contributed by atoms with E-state index in [1.54, 1.807) is 11.8 Å². The minimum Gasteiger partial charge on any atom is -0.491 e. The number of benzene rings is 2. The smallest absolute Gasteiger partial charge is 0.284 e. The van der Waals surface area contributed by atoms with E-state index in [1.165, 1.54) is 0 Å². The first-order valence-electron chi connectivity index (χ1n) is 7.47. The molecule has 0 aliphatic rings. The van der Waals surface area contributed by atoms with Crippen molar-refractivity contribution >= 4 is 35.4 Å². The molecule has 0 radical (unpaired) electrons. The molecule has 0 bridgehead atoms. The van der Waals surface area contributed by atoms with Crippen LogP contribution in [0.2, 0.25) is 0 Å². The van der Waals surface area contributed by atoms with Crippen LogP contribution in [-0.2, 0) is 5.75 Å². The molecule has 124 valence electrons. The molecule has 24 heavy (non-hydrogen) atoms. The Morgan fingerprint density at radius 1 is 1.12 bits per heavy atom. The lowest BCUT2D eigenvalue weighted by Crippen LogP contribution is -2.03.